The predicted octanol–water partition coefficient (Wildman–Crippen LogP) is 4.36. The van der Waals surface area contributed by atoms with E-state index < -0.39 is 0 Å². The lowest BCUT2D eigenvalue weighted by Crippen LogP contribution is -2.05. The molecule has 18 heavy (non-hydrogen) atoms. The fourth-order valence-corrected chi connectivity index (χ4v) is 2.07. The molecule has 0 aliphatic carbocycles. The summed E-state index contributed by atoms with van der Waals surface area (Å²) >= 11 is 0. The van der Waals surface area contributed by atoms with E-state index in [1.165, 1.54) is 16.7 Å². The maximum Gasteiger partial charge on any atom is 0.146 e. The second-order valence-electron chi connectivity index (χ2n) is 4.71. The summed E-state index contributed by atoms with van der Waals surface area (Å²) in [6, 6.07) is 11.5. The summed E-state index contributed by atoms with van der Waals surface area (Å²) in [4.78, 5) is 0. The SMILES string of the molecule is Cc1ccc(NCc2c(C)cccc2C)c(F)c1. The molecule has 0 bridgehead atoms. The van der Waals surface area contributed by atoms with Gasteiger partial charge in [0.05, 0.1) is 5.69 Å². The van der Waals surface area contributed by atoms with Gasteiger partial charge < -0.3 is 5.32 Å². The third-order valence-electron chi connectivity index (χ3n) is 3.22. The Morgan fingerprint density at radius 2 is 1.67 bits per heavy atom. The summed E-state index contributed by atoms with van der Waals surface area (Å²) in [7, 11) is 0. The Balaban J connectivity index is 2.16. The molecule has 0 atom stereocenters. The highest BCUT2D eigenvalue weighted by molar-refractivity contribution is 5.47. The normalized spacial score (nSPS) is 10.4. The van der Waals surface area contributed by atoms with Crippen LogP contribution in [0.2, 0.25) is 0 Å². The summed E-state index contributed by atoms with van der Waals surface area (Å²) in [5.41, 5.74) is 5.19. The standard InChI is InChI=1S/C16H18FN/c1-11-7-8-16(15(17)9-11)18-10-14-12(2)5-4-6-13(14)3/h4-9,18H,10H2,1-3H3. The third-order valence-corrected chi connectivity index (χ3v) is 3.22. The molecule has 0 amide bonds. The molecule has 0 fully saturated rings. The van der Waals surface area contributed by atoms with Gasteiger partial charge in [-0.3, -0.25) is 0 Å². The number of hydrogen-bond donors (Lipinski definition) is 1. The van der Waals surface area contributed by atoms with Crippen molar-refractivity contribution in [3.63, 3.8) is 0 Å². The van der Waals surface area contributed by atoms with Crippen LogP contribution >= 0.6 is 0 Å². The third kappa shape index (κ3) is 2.70. The van der Waals surface area contributed by atoms with Crippen LogP contribution in [-0.2, 0) is 6.54 Å². The van der Waals surface area contributed by atoms with Gasteiger partial charge in [0.2, 0.25) is 0 Å². The number of rotatable bonds is 3. The first-order chi connectivity index (χ1) is 8.58. The first-order valence-corrected chi connectivity index (χ1v) is 6.13. The largest absolute Gasteiger partial charge is 0.379 e. The fraction of sp³-hybridized carbons (Fsp3) is 0.250. The number of halogens is 1. The van der Waals surface area contributed by atoms with Crippen molar-refractivity contribution in [2.45, 2.75) is 27.3 Å². The first-order valence-electron chi connectivity index (χ1n) is 6.13. The van der Waals surface area contributed by atoms with E-state index >= 15 is 0 Å². The van der Waals surface area contributed by atoms with Gasteiger partial charge in [0.1, 0.15) is 5.82 Å². The molecule has 0 spiro atoms. The fourth-order valence-electron chi connectivity index (χ4n) is 2.07. The van der Waals surface area contributed by atoms with E-state index in [-0.39, 0.29) is 5.82 Å². The van der Waals surface area contributed by atoms with E-state index in [0.717, 1.165) is 5.56 Å². The molecule has 2 rings (SSSR count). The number of benzene rings is 2. The highest BCUT2D eigenvalue weighted by Gasteiger charge is 2.05. The van der Waals surface area contributed by atoms with Gasteiger partial charge in [-0.1, -0.05) is 24.3 Å². The van der Waals surface area contributed by atoms with E-state index in [4.69, 9.17) is 0 Å². The van der Waals surface area contributed by atoms with E-state index in [0.29, 0.717) is 12.2 Å². The molecular formula is C16H18FN. The predicted molar refractivity (Wildman–Crippen MR) is 74.4 cm³/mol. The van der Waals surface area contributed by atoms with Crippen molar-refractivity contribution in [1.29, 1.82) is 0 Å². The van der Waals surface area contributed by atoms with Crippen molar-refractivity contribution in [1.82, 2.24) is 0 Å². The molecule has 0 saturated carbocycles. The van der Waals surface area contributed by atoms with Crippen molar-refractivity contribution in [2.24, 2.45) is 0 Å². The first kappa shape index (κ1) is 12.6. The lowest BCUT2D eigenvalue weighted by atomic mass is 10.0. The van der Waals surface area contributed by atoms with Gasteiger partial charge in [0.15, 0.2) is 0 Å². The van der Waals surface area contributed by atoms with E-state index in [1.54, 1.807) is 12.1 Å². The quantitative estimate of drug-likeness (QED) is 0.844. The molecule has 1 nitrogen and oxygen atoms in total. The van der Waals surface area contributed by atoms with Gasteiger partial charge in [0.25, 0.3) is 0 Å². The van der Waals surface area contributed by atoms with Gasteiger partial charge in [-0.2, -0.15) is 0 Å². The average Bonchev–Trinajstić information content (AvgIpc) is 2.31. The van der Waals surface area contributed by atoms with E-state index in [1.807, 2.05) is 19.1 Å². The summed E-state index contributed by atoms with van der Waals surface area (Å²) in [5.74, 6) is -0.193. The van der Waals surface area contributed by atoms with Crippen molar-refractivity contribution < 1.29 is 4.39 Å². The van der Waals surface area contributed by atoms with Crippen LogP contribution in [0.25, 0.3) is 0 Å². The number of aryl methyl sites for hydroxylation is 3. The summed E-state index contributed by atoms with van der Waals surface area (Å²) < 4.78 is 13.7. The molecule has 0 heterocycles. The maximum atomic E-state index is 13.7. The zero-order valence-corrected chi connectivity index (χ0v) is 11.0. The van der Waals surface area contributed by atoms with Crippen LogP contribution in [0.15, 0.2) is 36.4 Å². The smallest absolute Gasteiger partial charge is 0.146 e. The number of hydrogen-bond acceptors (Lipinski definition) is 1. The highest BCUT2D eigenvalue weighted by atomic mass is 19.1. The lowest BCUT2D eigenvalue weighted by molar-refractivity contribution is 0.629. The minimum atomic E-state index is -0.193. The minimum Gasteiger partial charge on any atom is -0.379 e. The van der Waals surface area contributed by atoms with E-state index in [9.17, 15) is 4.39 Å². The zero-order valence-electron chi connectivity index (χ0n) is 11.0. The molecule has 2 aromatic rings. The van der Waals surface area contributed by atoms with Gasteiger partial charge in [-0.25, -0.2) is 4.39 Å². The Morgan fingerprint density at radius 1 is 1.00 bits per heavy atom. The van der Waals surface area contributed by atoms with Gasteiger partial charge >= 0.3 is 0 Å². The Morgan fingerprint density at radius 3 is 2.28 bits per heavy atom. The molecule has 2 heteroatoms. The molecule has 1 N–H and O–H groups in total. The Labute approximate surface area is 108 Å². The van der Waals surface area contributed by atoms with Crippen LogP contribution in [-0.4, -0.2) is 0 Å². The summed E-state index contributed by atoms with van der Waals surface area (Å²) in [6.07, 6.45) is 0. The number of anilines is 1. The molecule has 0 radical (unpaired) electrons. The molecule has 0 aliphatic rings. The molecular weight excluding hydrogens is 225 g/mol. The van der Waals surface area contributed by atoms with Crippen LogP contribution in [0.5, 0.6) is 0 Å². The Bertz CT molecular complexity index is 541. The molecule has 2 aromatic carbocycles. The van der Waals surface area contributed by atoms with Crippen LogP contribution in [0.3, 0.4) is 0 Å². The van der Waals surface area contributed by atoms with E-state index in [2.05, 4.69) is 31.3 Å². The van der Waals surface area contributed by atoms with Crippen molar-refractivity contribution in [3.8, 4) is 0 Å². The minimum absolute atomic E-state index is 0.193. The average molecular weight is 243 g/mol. The monoisotopic (exact) mass is 243 g/mol. The van der Waals surface area contributed by atoms with Crippen molar-refractivity contribution in [3.05, 3.63) is 64.5 Å². The second kappa shape index (κ2) is 5.21. The van der Waals surface area contributed by atoms with Crippen LogP contribution < -0.4 is 5.32 Å². The Hall–Kier alpha value is -1.83. The van der Waals surface area contributed by atoms with Crippen molar-refractivity contribution in [2.75, 3.05) is 5.32 Å². The van der Waals surface area contributed by atoms with Gasteiger partial charge in [-0.05, 0) is 55.2 Å². The van der Waals surface area contributed by atoms with Crippen LogP contribution in [0.1, 0.15) is 22.3 Å². The lowest BCUT2D eigenvalue weighted by Gasteiger charge is -2.12. The molecule has 0 saturated heterocycles. The summed E-state index contributed by atoms with van der Waals surface area (Å²) in [5, 5.41) is 3.16. The van der Waals surface area contributed by atoms with Gasteiger partial charge in [0, 0.05) is 6.54 Å². The van der Waals surface area contributed by atoms with Gasteiger partial charge in [-0.15, -0.1) is 0 Å². The second-order valence-corrected chi connectivity index (χ2v) is 4.71. The molecule has 94 valence electrons. The zero-order chi connectivity index (χ0) is 13.1. The topological polar surface area (TPSA) is 12.0 Å². The number of nitrogens with one attached hydrogen (secondary N) is 1. The maximum absolute atomic E-state index is 13.7. The Kier molecular flexibility index (Phi) is 3.66. The highest BCUT2D eigenvalue weighted by Crippen LogP contribution is 2.19. The van der Waals surface area contributed by atoms with Crippen molar-refractivity contribution >= 4 is 5.69 Å². The molecule has 0 aliphatic heterocycles. The molecule has 0 aromatic heterocycles. The summed E-state index contributed by atoms with van der Waals surface area (Å²) in [6.45, 7) is 6.70. The van der Waals surface area contributed by atoms with Crippen LogP contribution in [0.4, 0.5) is 10.1 Å². The van der Waals surface area contributed by atoms with Crippen LogP contribution in [0, 0.1) is 26.6 Å². The molecule has 0 unspecified atom stereocenters.